The molecule has 0 aliphatic rings. The summed E-state index contributed by atoms with van der Waals surface area (Å²) in [6.45, 7) is 2.63. The first kappa shape index (κ1) is 8.26. The number of methoxy groups -OCH3 is 1. The van der Waals surface area contributed by atoms with E-state index in [-0.39, 0.29) is 0 Å². The van der Waals surface area contributed by atoms with E-state index in [9.17, 15) is 0 Å². The van der Waals surface area contributed by atoms with Crippen LogP contribution >= 0.6 is 0 Å². The van der Waals surface area contributed by atoms with Gasteiger partial charge in [-0.1, -0.05) is 6.07 Å². The molecule has 2 heterocycles. The van der Waals surface area contributed by atoms with Gasteiger partial charge in [0.1, 0.15) is 5.65 Å². The molecule has 0 fully saturated rings. The molecule has 0 unspecified atom stereocenters. The summed E-state index contributed by atoms with van der Waals surface area (Å²) in [7, 11) is 1.68. The minimum Gasteiger partial charge on any atom is -0.378 e. The number of hydrogen-bond acceptors (Lipinski definition) is 2. The van der Waals surface area contributed by atoms with E-state index in [1.165, 1.54) is 5.56 Å². The molecule has 0 aliphatic carbocycles. The summed E-state index contributed by atoms with van der Waals surface area (Å²) in [5, 5.41) is 0. The molecule has 3 nitrogen and oxygen atoms in total. The summed E-state index contributed by atoms with van der Waals surface area (Å²) in [6.07, 6.45) is 3.99. The molecule has 3 heteroatoms. The molecule has 2 rings (SSSR count). The summed E-state index contributed by atoms with van der Waals surface area (Å²) in [5.74, 6) is 0. The molecule has 0 atom stereocenters. The fraction of sp³-hybridized carbons (Fsp3) is 0.300. The maximum Gasteiger partial charge on any atom is 0.140 e. The van der Waals surface area contributed by atoms with Crippen molar-refractivity contribution in [3.05, 3.63) is 35.8 Å². The third kappa shape index (κ3) is 1.42. The Morgan fingerprint density at radius 3 is 3.08 bits per heavy atom. The summed E-state index contributed by atoms with van der Waals surface area (Å²) < 4.78 is 7.04. The molecule has 2 aromatic rings. The Balaban J connectivity index is 2.55. The average molecular weight is 176 g/mol. The van der Waals surface area contributed by atoms with Crippen molar-refractivity contribution in [3.8, 4) is 0 Å². The molecule has 0 saturated carbocycles. The normalized spacial score (nSPS) is 10.9. The molecular formula is C10H12N2O. The highest BCUT2D eigenvalue weighted by Crippen LogP contribution is 2.09. The molecule has 0 N–H and O–H groups in total. The molecule has 0 bridgehead atoms. The van der Waals surface area contributed by atoms with E-state index in [0.29, 0.717) is 6.61 Å². The standard InChI is InChI=1S/C10H12N2O/c1-8-4-3-5-12-6-9(7-13-2)11-10(8)12/h3-6H,7H2,1-2H3. The Morgan fingerprint density at radius 2 is 2.38 bits per heavy atom. The van der Waals surface area contributed by atoms with Gasteiger partial charge in [-0.15, -0.1) is 0 Å². The Hall–Kier alpha value is -1.35. The maximum atomic E-state index is 5.02. The van der Waals surface area contributed by atoms with Crippen molar-refractivity contribution in [2.75, 3.05) is 7.11 Å². The van der Waals surface area contributed by atoms with E-state index in [0.717, 1.165) is 11.3 Å². The van der Waals surface area contributed by atoms with Gasteiger partial charge in [0, 0.05) is 19.5 Å². The lowest BCUT2D eigenvalue weighted by atomic mass is 10.3. The monoisotopic (exact) mass is 176 g/mol. The zero-order valence-electron chi connectivity index (χ0n) is 7.82. The minimum atomic E-state index is 0.571. The van der Waals surface area contributed by atoms with Crippen molar-refractivity contribution >= 4 is 5.65 Å². The van der Waals surface area contributed by atoms with Gasteiger partial charge in [0.25, 0.3) is 0 Å². The van der Waals surface area contributed by atoms with Gasteiger partial charge in [-0.05, 0) is 18.6 Å². The number of aromatic nitrogens is 2. The van der Waals surface area contributed by atoms with Crippen molar-refractivity contribution in [2.45, 2.75) is 13.5 Å². The third-order valence-corrected chi connectivity index (χ3v) is 2.02. The molecule has 0 saturated heterocycles. The van der Waals surface area contributed by atoms with Gasteiger partial charge < -0.3 is 9.14 Å². The van der Waals surface area contributed by atoms with Gasteiger partial charge >= 0.3 is 0 Å². The van der Waals surface area contributed by atoms with Crippen molar-refractivity contribution in [1.82, 2.24) is 9.38 Å². The smallest absolute Gasteiger partial charge is 0.140 e. The van der Waals surface area contributed by atoms with E-state index in [4.69, 9.17) is 4.74 Å². The van der Waals surface area contributed by atoms with E-state index in [1.807, 2.05) is 22.9 Å². The quantitative estimate of drug-likeness (QED) is 0.697. The second-order valence-electron chi connectivity index (χ2n) is 3.09. The molecule has 68 valence electrons. The van der Waals surface area contributed by atoms with Crippen LogP contribution in [0.3, 0.4) is 0 Å². The lowest BCUT2D eigenvalue weighted by molar-refractivity contribution is 0.182. The molecule has 2 aromatic heterocycles. The number of imidazole rings is 1. The second-order valence-corrected chi connectivity index (χ2v) is 3.09. The number of hydrogen-bond donors (Lipinski definition) is 0. The third-order valence-electron chi connectivity index (χ3n) is 2.02. The fourth-order valence-corrected chi connectivity index (χ4v) is 1.42. The van der Waals surface area contributed by atoms with Gasteiger partial charge in [-0.2, -0.15) is 0 Å². The highest BCUT2D eigenvalue weighted by molar-refractivity contribution is 5.47. The Kier molecular flexibility index (Phi) is 2.02. The molecule has 13 heavy (non-hydrogen) atoms. The summed E-state index contributed by atoms with van der Waals surface area (Å²) in [6, 6.07) is 4.07. The van der Waals surface area contributed by atoms with Gasteiger partial charge in [0.15, 0.2) is 0 Å². The Labute approximate surface area is 77.0 Å². The van der Waals surface area contributed by atoms with Crippen LogP contribution in [0.1, 0.15) is 11.3 Å². The number of nitrogens with zero attached hydrogens (tertiary/aromatic N) is 2. The predicted molar refractivity (Wildman–Crippen MR) is 50.6 cm³/mol. The highest BCUT2D eigenvalue weighted by atomic mass is 16.5. The minimum absolute atomic E-state index is 0.571. The first-order chi connectivity index (χ1) is 6.31. The van der Waals surface area contributed by atoms with Crippen LogP contribution in [0.15, 0.2) is 24.5 Å². The number of rotatable bonds is 2. The fourth-order valence-electron chi connectivity index (χ4n) is 1.42. The van der Waals surface area contributed by atoms with Gasteiger partial charge in [-0.25, -0.2) is 4.98 Å². The van der Waals surface area contributed by atoms with E-state index >= 15 is 0 Å². The second kappa shape index (κ2) is 3.18. The Bertz CT molecular complexity index is 420. The van der Waals surface area contributed by atoms with Crippen LogP contribution in [-0.2, 0) is 11.3 Å². The molecular weight excluding hydrogens is 164 g/mol. The highest BCUT2D eigenvalue weighted by Gasteiger charge is 2.01. The van der Waals surface area contributed by atoms with Crippen molar-refractivity contribution in [2.24, 2.45) is 0 Å². The molecule has 0 spiro atoms. The molecule has 0 radical (unpaired) electrons. The average Bonchev–Trinajstić information content (AvgIpc) is 2.49. The Morgan fingerprint density at radius 1 is 1.54 bits per heavy atom. The number of ether oxygens (including phenoxy) is 1. The number of fused-ring (bicyclic) bond motifs is 1. The van der Waals surface area contributed by atoms with E-state index in [1.54, 1.807) is 7.11 Å². The zero-order chi connectivity index (χ0) is 9.26. The topological polar surface area (TPSA) is 26.5 Å². The first-order valence-electron chi connectivity index (χ1n) is 4.23. The lowest BCUT2D eigenvalue weighted by Gasteiger charge is -1.93. The van der Waals surface area contributed by atoms with Crippen LogP contribution in [0.5, 0.6) is 0 Å². The van der Waals surface area contributed by atoms with E-state index in [2.05, 4.69) is 18.0 Å². The molecule has 0 amide bonds. The van der Waals surface area contributed by atoms with Crippen molar-refractivity contribution < 1.29 is 4.74 Å². The van der Waals surface area contributed by atoms with Crippen LogP contribution in [0.2, 0.25) is 0 Å². The first-order valence-corrected chi connectivity index (χ1v) is 4.23. The van der Waals surface area contributed by atoms with Gasteiger partial charge in [-0.3, -0.25) is 0 Å². The number of aryl methyl sites for hydroxylation is 1. The summed E-state index contributed by atoms with van der Waals surface area (Å²) >= 11 is 0. The van der Waals surface area contributed by atoms with Crippen LogP contribution < -0.4 is 0 Å². The largest absolute Gasteiger partial charge is 0.378 e. The maximum absolute atomic E-state index is 5.02. The van der Waals surface area contributed by atoms with Crippen LogP contribution in [0, 0.1) is 6.92 Å². The zero-order valence-corrected chi connectivity index (χ0v) is 7.82. The van der Waals surface area contributed by atoms with Crippen LogP contribution in [-0.4, -0.2) is 16.5 Å². The lowest BCUT2D eigenvalue weighted by Crippen LogP contribution is -1.85. The predicted octanol–water partition coefficient (Wildman–Crippen LogP) is 1.79. The molecule has 0 aliphatic heterocycles. The summed E-state index contributed by atoms with van der Waals surface area (Å²) in [5.41, 5.74) is 3.16. The summed E-state index contributed by atoms with van der Waals surface area (Å²) in [4.78, 5) is 4.44. The van der Waals surface area contributed by atoms with Gasteiger partial charge in [0.05, 0.1) is 12.3 Å². The van der Waals surface area contributed by atoms with E-state index < -0.39 is 0 Å². The van der Waals surface area contributed by atoms with Crippen LogP contribution in [0.25, 0.3) is 5.65 Å². The number of pyridine rings is 1. The van der Waals surface area contributed by atoms with Gasteiger partial charge in [0.2, 0.25) is 0 Å². The molecule has 0 aromatic carbocycles. The van der Waals surface area contributed by atoms with Crippen LogP contribution in [0.4, 0.5) is 0 Å². The van der Waals surface area contributed by atoms with Crippen molar-refractivity contribution in [1.29, 1.82) is 0 Å². The SMILES string of the molecule is COCc1cn2cccc(C)c2n1. The van der Waals surface area contributed by atoms with Crippen molar-refractivity contribution in [3.63, 3.8) is 0 Å².